The average Bonchev–Trinajstić information content (AvgIpc) is 3.33. The van der Waals surface area contributed by atoms with Crippen LogP contribution in [0.3, 0.4) is 0 Å². The number of benzene rings is 1. The lowest BCUT2D eigenvalue weighted by molar-refractivity contribution is -0.119. The quantitative estimate of drug-likeness (QED) is 0.876. The highest BCUT2D eigenvalue weighted by molar-refractivity contribution is 5.75. The van der Waals surface area contributed by atoms with Crippen LogP contribution in [0.15, 0.2) is 30.6 Å². The van der Waals surface area contributed by atoms with Gasteiger partial charge in [-0.05, 0) is 30.5 Å². The Morgan fingerprint density at radius 1 is 1.38 bits per heavy atom. The van der Waals surface area contributed by atoms with Crippen LogP contribution in [0.4, 0.5) is 0 Å². The third-order valence-corrected chi connectivity index (χ3v) is 4.65. The molecule has 6 nitrogen and oxygen atoms in total. The highest BCUT2D eigenvalue weighted by atomic mass is 16.5. The van der Waals surface area contributed by atoms with E-state index < -0.39 is 5.91 Å². The number of imidazole rings is 1. The van der Waals surface area contributed by atoms with Crippen molar-refractivity contribution in [3.8, 4) is 5.75 Å². The molecule has 1 fully saturated rings. The van der Waals surface area contributed by atoms with Crippen molar-refractivity contribution in [3.63, 3.8) is 0 Å². The molecule has 1 aliphatic heterocycles. The van der Waals surface area contributed by atoms with Gasteiger partial charge < -0.3 is 15.0 Å². The monoisotopic (exact) mass is 326 g/mol. The first-order valence-electron chi connectivity index (χ1n) is 8.46. The summed E-state index contributed by atoms with van der Waals surface area (Å²) in [6, 6.07) is 8.55. The van der Waals surface area contributed by atoms with Gasteiger partial charge in [-0.3, -0.25) is 9.69 Å². The molecule has 1 aliphatic carbocycles. The molecule has 2 aromatic rings. The summed E-state index contributed by atoms with van der Waals surface area (Å²) >= 11 is 0. The normalized spacial score (nSPS) is 17.5. The van der Waals surface area contributed by atoms with E-state index in [4.69, 9.17) is 10.5 Å². The van der Waals surface area contributed by atoms with Crippen LogP contribution in [0.5, 0.6) is 5.75 Å². The van der Waals surface area contributed by atoms with E-state index in [1.807, 2.05) is 24.5 Å². The molecule has 4 rings (SSSR count). The number of hydrogen-bond donors (Lipinski definition) is 1. The van der Waals surface area contributed by atoms with Crippen LogP contribution in [0.25, 0.3) is 0 Å². The van der Waals surface area contributed by atoms with Crippen LogP contribution >= 0.6 is 0 Å². The molecule has 1 saturated carbocycles. The molecule has 2 aliphatic rings. The zero-order valence-corrected chi connectivity index (χ0v) is 13.6. The lowest BCUT2D eigenvalue weighted by Crippen LogP contribution is -2.31. The van der Waals surface area contributed by atoms with Crippen LogP contribution in [-0.4, -0.2) is 33.5 Å². The van der Waals surface area contributed by atoms with Crippen LogP contribution in [0.2, 0.25) is 0 Å². The molecule has 0 saturated heterocycles. The fourth-order valence-corrected chi connectivity index (χ4v) is 3.33. The fraction of sp³-hybridized carbons (Fsp3) is 0.444. The standard InChI is InChI=1S/C18H22N4O2/c19-18(23)11-24-15-3-1-2-13(8-15)9-21-7-6-17-16(10-21)20-12-22(17)14-4-5-14/h1-3,8,12,14H,4-7,9-11H2,(H2,19,23). The number of aromatic nitrogens is 2. The Kier molecular flexibility index (Phi) is 3.98. The minimum Gasteiger partial charge on any atom is -0.484 e. The van der Waals surface area contributed by atoms with Gasteiger partial charge in [-0.2, -0.15) is 0 Å². The Hall–Kier alpha value is -2.34. The minimum atomic E-state index is -0.463. The number of carbonyl (C=O) groups is 1. The van der Waals surface area contributed by atoms with Gasteiger partial charge in [0.05, 0.1) is 12.0 Å². The maximum absolute atomic E-state index is 10.8. The van der Waals surface area contributed by atoms with Crippen molar-refractivity contribution >= 4 is 5.91 Å². The highest BCUT2D eigenvalue weighted by Gasteiger charge is 2.29. The summed E-state index contributed by atoms with van der Waals surface area (Å²) in [6.45, 7) is 2.69. The predicted molar refractivity (Wildman–Crippen MR) is 89.4 cm³/mol. The molecule has 0 bridgehead atoms. The van der Waals surface area contributed by atoms with Gasteiger partial charge in [0.15, 0.2) is 6.61 Å². The van der Waals surface area contributed by atoms with Crippen molar-refractivity contribution < 1.29 is 9.53 Å². The number of nitrogens with zero attached hydrogens (tertiary/aromatic N) is 3. The molecule has 126 valence electrons. The van der Waals surface area contributed by atoms with E-state index in [1.165, 1.54) is 29.8 Å². The molecule has 6 heteroatoms. The first-order chi connectivity index (χ1) is 11.7. The van der Waals surface area contributed by atoms with Gasteiger partial charge >= 0.3 is 0 Å². The van der Waals surface area contributed by atoms with E-state index in [9.17, 15) is 4.79 Å². The van der Waals surface area contributed by atoms with Crippen molar-refractivity contribution in [2.45, 2.75) is 38.4 Å². The van der Waals surface area contributed by atoms with Gasteiger partial charge in [0.25, 0.3) is 5.91 Å². The Balaban J connectivity index is 1.40. The van der Waals surface area contributed by atoms with Crippen molar-refractivity contribution in [2.75, 3.05) is 13.2 Å². The van der Waals surface area contributed by atoms with Crippen LogP contribution in [-0.2, 0) is 24.3 Å². The molecule has 0 radical (unpaired) electrons. The Labute approximate surface area is 141 Å². The van der Waals surface area contributed by atoms with E-state index in [0.29, 0.717) is 11.8 Å². The molecule has 0 unspecified atom stereocenters. The maximum Gasteiger partial charge on any atom is 0.255 e. The molecule has 2 heterocycles. The van der Waals surface area contributed by atoms with Crippen molar-refractivity contribution in [1.82, 2.24) is 14.5 Å². The number of rotatable bonds is 6. The molecule has 0 atom stereocenters. The van der Waals surface area contributed by atoms with E-state index >= 15 is 0 Å². The molecule has 0 spiro atoms. The Morgan fingerprint density at radius 3 is 3.04 bits per heavy atom. The summed E-state index contributed by atoms with van der Waals surface area (Å²) in [5, 5.41) is 0. The first-order valence-corrected chi connectivity index (χ1v) is 8.46. The number of carbonyl (C=O) groups excluding carboxylic acids is 1. The molecular formula is C18H22N4O2. The van der Waals surface area contributed by atoms with Crippen molar-refractivity contribution in [3.05, 3.63) is 47.5 Å². The molecule has 1 aromatic carbocycles. The smallest absolute Gasteiger partial charge is 0.255 e. The van der Waals surface area contributed by atoms with Gasteiger partial charge in [0, 0.05) is 37.8 Å². The molecular weight excluding hydrogens is 304 g/mol. The number of amides is 1. The zero-order valence-electron chi connectivity index (χ0n) is 13.6. The third kappa shape index (κ3) is 3.28. The fourth-order valence-electron chi connectivity index (χ4n) is 3.33. The van der Waals surface area contributed by atoms with E-state index in [1.54, 1.807) is 0 Å². The zero-order chi connectivity index (χ0) is 16.5. The SMILES string of the molecule is NC(=O)COc1cccc(CN2CCc3c(ncn3C3CC3)C2)c1. The van der Waals surface area contributed by atoms with Crippen LogP contribution in [0.1, 0.15) is 35.8 Å². The summed E-state index contributed by atoms with van der Waals surface area (Å²) in [5.74, 6) is 0.220. The van der Waals surface area contributed by atoms with Gasteiger partial charge in [-0.1, -0.05) is 12.1 Å². The third-order valence-electron chi connectivity index (χ3n) is 4.65. The second-order valence-electron chi connectivity index (χ2n) is 6.64. The van der Waals surface area contributed by atoms with E-state index in [2.05, 4.69) is 20.5 Å². The molecule has 2 N–H and O–H groups in total. The number of nitrogens with two attached hydrogens (primary N) is 1. The van der Waals surface area contributed by atoms with Gasteiger partial charge in [-0.15, -0.1) is 0 Å². The summed E-state index contributed by atoms with van der Waals surface area (Å²) in [5.41, 5.74) is 8.93. The van der Waals surface area contributed by atoms with Crippen LogP contribution in [0, 0.1) is 0 Å². The number of fused-ring (bicyclic) bond motifs is 1. The predicted octanol–water partition coefficient (Wildman–Crippen LogP) is 1.64. The second kappa shape index (κ2) is 6.28. The summed E-state index contributed by atoms with van der Waals surface area (Å²) in [7, 11) is 0. The van der Waals surface area contributed by atoms with Gasteiger partial charge in [0.1, 0.15) is 5.75 Å². The van der Waals surface area contributed by atoms with Gasteiger partial charge in [-0.25, -0.2) is 4.98 Å². The number of hydrogen-bond acceptors (Lipinski definition) is 4. The summed E-state index contributed by atoms with van der Waals surface area (Å²) in [4.78, 5) is 17.8. The second-order valence-corrected chi connectivity index (χ2v) is 6.64. The Morgan fingerprint density at radius 2 is 2.25 bits per heavy atom. The first kappa shape index (κ1) is 15.2. The highest BCUT2D eigenvalue weighted by Crippen LogP contribution is 2.37. The molecule has 24 heavy (non-hydrogen) atoms. The summed E-state index contributed by atoms with van der Waals surface area (Å²) < 4.78 is 7.76. The lowest BCUT2D eigenvalue weighted by atomic mass is 10.1. The average molecular weight is 326 g/mol. The minimum absolute atomic E-state index is 0.0882. The van der Waals surface area contributed by atoms with E-state index in [-0.39, 0.29) is 6.61 Å². The van der Waals surface area contributed by atoms with Crippen molar-refractivity contribution in [1.29, 1.82) is 0 Å². The molecule has 1 amide bonds. The lowest BCUT2D eigenvalue weighted by Gasteiger charge is -2.27. The number of ether oxygens (including phenoxy) is 1. The summed E-state index contributed by atoms with van der Waals surface area (Å²) in [6.07, 6.45) is 5.67. The molecule has 1 aromatic heterocycles. The Bertz CT molecular complexity index is 751. The maximum atomic E-state index is 10.8. The van der Waals surface area contributed by atoms with Crippen molar-refractivity contribution in [2.24, 2.45) is 5.73 Å². The van der Waals surface area contributed by atoms with Gasteiger partial charge in [0.2, 0.25) is 0 Å². The number of primary amides is 1. The largest absolute Gasteiger partial charge is 0.484 e. The van der Waals surface area contributed by atoms with Crippen LogP contribution < -0.4 is 10.5 Å². The van der Waals surface area contributed by atoms with E-state index in [0.717, 1.165) is 26.1 Å². The topological polar surface area (TPSA) is 73.4 Å².